The van der Waals surface area contributed by atoms with Gasteiger partial charge in [-0.05, 0) is 42.3 Å². The summed E-state index contributed by atoms with van der Waals surface area (Å²) in [5, 5.41) is 2.97. The molecule has 0 aliphatic carbocycles. The SMILES string of the molecule is CN(C)c1ccc(NC(=O)CN2CCc3ccccc32)cc1. The van der Waals surface area contributed by atoms with Crippen molar-refractivity contribution in [3.63, 3.8) is 0 Å². The minimum atomic E-state index is 0.0225. The highest BCUT2D eigenvalue weighted by atomic mass is 16.2. The predicted molar refractivity (Wildman–Crippen MR) is 91.8 cm³/mol. The monoisotopic (exact) mass is 295 g/mol. The first-order chi connectivity index (χ1) is 10.6. The van der Waals surface area contributed by atoms with E-state index in [1.807, 2.05) is 49.3 Å². The van der Waals surface area contributed by atoms with Crippen molar-refractivity contribution in [3.8, 4) is 0 Å². The third kappa shape index (κ3) is 3.06. The highest BCUT2D eigenvalue weighted by molar-refractivity contribution is 5.94. The second-order valence-corrected chi connectivity index (χ2v) is 5.79. The highest BCUT2D eigenvalue weighted by Gasteiger charge is 2.20. The summed E-state index contributed by atoms with van der Waals surface area (Å²) >= 11 is 0. The molecule has 0 radical (unpaired) electrons. The number of carbonyl (C=O) groups is 1. The van der Waals surface area contributed by atoms with Gasteiger partial charge in [0.15, 0.2) is 0 Å². The zero-order chi connectivity index (χ0) is 15.5. The molecule has 22 heavy (non-hydrogen) atoms. The minimum Gasteiger partial charge on any atom is -0.378 e. The van der Waals surface area contributed by atoms with E-state index in [0.717, 1.165) is 24.3 Å². The van der Waals surface area contributed by atoms with Crippen molar-refractivity contribution in [1.29, 1.82) is 0 Å². The molecule has 3 rings (SSSR count). The van der Waals surface area contributed by atoms with Crippen molar-refractivity contribution >= 4 is 23.0 Å². The summed E-state index contributed by atoms with van der Waals surface area (Å²) in [6.45, 7) is 1.30. The van der Waals surface area contributed by atoms with E-state index < -0.39 is 0 Å². The van der Waals surface area contributed by atoms with Gasteiger partial charge >= 0.3 is 0 Å². The lowest BCUT2D eigenvalue weighted by Crippen LogP contribution is -2.31. The van der Waals surface area contributed by atoms with Crippen LogP contribution in [0.5, 0.6) is 0 Å². The lowest BCUT2D eigenvalue weighted by molar-refractivity contribution is -0.115. The van der Waals surface area contributed by atoms with Crippen molar-refractivity contribution in [3.05, 3.63) is 54.1 Å². The predicted octanol–water partition coefficient (Wildman–Crippen LogP) is 2.75. The molecule has 4 heteroatoms. The van der Waals surface area contributed by atoms with Crippen molar-refractivity contribution < 1.29 is 4.79 Å². The van der Waals surface area contributed by atoms with E-state index in [1.54, 1.807) is 0 Å². The van der Waals surface area contributed by atoms with Gasteiger partial charge < -0.3 is 15.1 Å². The zero-order valence-electron chi connectivity index (χ0n) is 13.0. The lowest BCUT2D eigenvalue weighted by Gasteiger charge is -2.19. The first-order valence-electron chi connectivity index (χ1n) is 7.53. The summed E-state index contributed by atoms with van der Waals surface area (Å²) < 4.78 is 0. The molecular formula is C18H21N3O. The Labute approximate surface area is 131 Å². The molecule has 2 aromatic rings. The number of hydrogen-bond acceptors (Lipinski definition) is 3. The number of para-hydroxylation sites is 1. The molecule has 1 heterocycles. The average molecular weight is 295 g/mol. The summed E-state index contributed by atoms with van der Waals surface area (Å²) in [5.74, 6) is 0.0225. The fraction of sp³-hybridized carbons (Fsp3) is 0.278. The molecule has 1 N–H and O–H groups in total. The number of hydrogen-bond donors (Lipinski definition) is 1. The van der Waals surface area contributed by atoms with Gasteiger partial charge in [-0.15, -0.1) is 0 Å². The molecule has 2 aromatic carbocycles. The lowest BCUT2D eigenvalue weighted by atomic mass is 10.2. The number of carbonyl (C=O) groups excluding carboxylic acids is 1. The summed E-state index contributed by atoms with van der Waals surface area (Å²) in [6, 6.07) is 16.2. The number of nitrogens with zero attached hydrogens (tertiary/aromatic N) is 2. The Kier molecular flexibility index (Phi) is 4.00. The van der Waals surface area contributed by atoms with Crippen LogP contribution in [0.1, 0.15) is 5.56 Å². The van der Waals surface area contributed by atoms with Gasteiger partial charge in [-0.3, -0.25) is 4.79 Å². The number of anilines is 3. The Morgan fingerprint density at radius 3 is 2.59 bits per heavy atom. The Hall–Kier alpha value is -2.49. The van der Waals surface area contributed by atoms with Crippen LogP contribution in [0.3, 0.4) is 0 Å². The van der Waals surface area contributed by atoms with Crippen molar-refractivity contribution in [2.75, 3.05) is 42.3 Å². The topological polar surface area (TPSA) is 35.6 Å². The molecule has 0 bridgehead atoms. The molecule has 4 nitrogen and oxygen atoms in total. The quantitative estimate of drug-likeness (QED) is 0.942. The molecule has 0 spiro atoms. The Morgan fingerprint density at radius 1 is 1.14 bits per heavy atom. The normalized spacial score (nSPS) is 12.9. The van der Waals surface area contributed by atoms with Gasteiger partial charge in [0, 0.05) is 37.7 Å². The summed E-state index contributed by atoms with van der Waals surface area (Å²) in [5.41, 5.74) is 4.46. The van der Waals surface area contributed by atoms with Crippen LogP contribution in [-0.4, -0.2) is 33.1 Å². The zero-order valence-corrected chi connectivity index (χ0v) is 13.0. The molecule has 0 atom stereocenters. The van der Waals surface area contributed by atoms with Gasteiger partial charge in [0.1, 0.15) is 0 Å². The van der Waals surface area contributed by atoms with Crippen LogP contribution >= 0.6 is 0 Å². The van der Waals surface area contributed by atoms with E-state index in [-0.39, 0.29) is 5.91 Å². The van der Waals surface area contributed by atoms with Crippen LogP contribution in [0, 0.1) is 0 Å². The maximum absolute atomic E-state index is 12.2. The fourth-order valence-electron chi connectivity index (χ4n) is 2.79. The maximum atomic E-state index is 12.2. The van der Waals surface area contributed by atoms with Gasteiger partial charge in [-0.2, -0.15) is 0 Å². The summed E-state index contributed by atoms with van der Waals surface area (Å²) in [6.07, 6.45) is 1.01. The molecule has 0 unspecified atom stereocenters. The Bertz CT molecular complexity index is 664. The Morgan fingerprint density at radius 2 is 1.86 bits per heavy atom. The molecule has 114 valence electrons. The van der Waals surface area contributed by atoms with Crippen molar-refractivity contribution in [1.82, 2.24) is 0 Å². The van der Waals surface area contributed by atoms with E-state index in [4.69, 9.17) is 0 Å². The second kappa shape index (κ2) is 6.10. The number of amides is 1. The largest absolute Gasteiger partial charge is 0.378 e. The first-order valence-corrected chi connectivity index (χ1v) is 7.53. The van der Waals surface area contributed by atoms with E-state index in [2.05, 4.69) is 28.4 Å². The van der Waals surface area contributed by atoms with Crippen LogP contribution in [0.2, 0.25) is 0 Å². The fourth-order valence-corrected chi connectivity index (χ4v) is 2.79. The molecule has 0 fully saturated rings. The van der Waals surface area contributed by atoms with E-state index in [1.165, 1.54) is 11.3 Å². The van der Waals surface area contributed by atoms with Gasteiger partial charge in [-0.25, -0.2) is 0 Å². The van der Waals surface area contributed by atoms with Gasteiger partial charge in [0.2, 0.25) is 5.91 Å². The number of benzene rings is 2. The minimum absolute atomic E-state index is 0.0225. The highest BCUT2D eigenvalue weighted by Crippen LogP contribution is 2.27. The van der Waals surface area contributed by atoms with E-state index >= 15 is 0 Å². The molecular weight excluding hydrogens is 274 g/mol. The number of fused-ring (bicyclic) bond motifs is 1. The van der Waals surface area contributed by atoms with Crippen LogP contribution < -0.4 is 15.1 Å². The van der Waals surface area contributed by atoms with Crippen molar-refractivity contribution in [2.24, 2.45) is 0 Å². The number of rotatable bonds is 4. The third-order valence-electron chi connectivity index (χ3n) is 3.99. The van der Waals surface area contributed by atoms with E-state index in [9.17, 15) is 4.79 Å². The number of nitrogens with one attached hydrogen (secondary N) is 1. The first kappa shape index (κ1) is 14.4. The van der Waals surface area contributed by atoms with Crippen LogP contribution in [0.4, 0.5) is 17.1 Å². The summed E-state index contributed by atoms with van der Waals surface area (Å²) in [7, 11) is 4.00. The molecule has 0 aromatic heterocycles. The molecule has 0 saturated carbocycles. The maximum Gasteiger partial charge on any atom is 0.243 e. The van der Waals surface area contributed by atoms with Crippen LogP contribution in [0.25, 0.3) is 0 Å². The smallest absolute Gasteiger partial charge is 0.243 e. The second-order valence-electron chi connectivity index (χ2n) is 5.79. The van der Waals surface area contributed by atoms with Gasteiger partial charge in [0.25, 0.3) is 0 Å². The summed E-state index contributed by atoms with van der Waals surface area (Å²) in [4.78, 5) is 16.4. The molecule has 1 aliphatic heterocycles. The average Bonchev–Trinajstić information content (AvgIpc) is 2.91. The van der Waals surface area contributed by atoms with Gasteiger partial charge in [0.05, 0.1) is 6.54 Å². The third-order valence-corrected chi connectivity index (χ3v) is 3.99. The van der Waals surface area contributed by atoms with Crippen LogP contribution in [0.15, 0.2) is 48.5 Å². The molecule has 0 saturated heterocycles. The Balaban J connectivity index is 1.61. The van der Waals surface area contributed by atoms with Crippen molar-refractivity contribution in [2.45, 2.75) is 6.42 Å². The molecule has 1 amide bonds. The van der Waals surface area contributed by atoms with Gasteiger partial charge in [-0.1, -0.05) is 18.2 Å². The molecule has 1 aliphatic rings. The van der Waals surface area contributed by atoms with Crippen LogP contribution in [-0.2, 0) is 11.2 Å². The van der Waals surface area contributed by atoms with E-state index in [0.29, 0.717) is 6.54 Å². The standard InChI is InChI=1S/C18H21N3O/c1-20(2)16-9-7-15(8-10-16)19-18(22)13-21-12-11-14-5-3-4-6-17(14)21/h3-10H,11-13H2,1-2H3,(H,19,22).